The van der Waals surface area contributed by atoms with Gasteiger partial charge in [0.15, 0.2) is 0 Å². The van der Waals surface area contributed by atoms with Crippen LogP contribution in [0.5, 0.6) is 0 Å². The molecule has 2 N–H and O–H groups in total. The average Bonchev–Trinajstić information content (AvgIpc) is 2.95. The number of carbonyl (C=O) groups is 2. The van der Waals surface area contributed by atoms with Crippen molar-refractivity contribution in [2.75, 3.05) is 18.6 Å². The largest absolute Gasteiger partial charge is 0.480 e. The van der Waals surface area contributed by atoms with Crippen molar-refractivity contribution >= 4 is 23.8 Å². The van der Waals surface area contributed by atoms with E-state index in [0.29, 0.717) is 18.4 Å². The molecular formula is C12H20N2O3S. The second kappa shape index (κ2) is 5.82. The second-order valence-electron chi connectivity index (χ2n) is 5.11. The minimum atomic E-state index is -0.943. The molecule has 2 rings (SSSR count). The van der Waals surface area contributed by atoms with Crippen LogP contribution >= 0.6 is 11.8 Å². The summed E-state index contributed by atoms with van der Waals surface area (Å²) >= 11 is 1.59. The van der Waals surface area contributed by atoms with E-state index in [1.165, 1.54) is 6.42 Å². The summed E-state index contributed by atoms with van der Waals surface area (Å²) in [5, 5.41) is 11.7. The van der Waals surface area contributed by atoms with Gasteiger partial charge in [-0.15, -0.1) is 0 Å². The molecule has 5 nitrogen and oxygen atoms in total. The monoisotopic (exact) mass is 272 g/mol. The van der Waals surface area contributed by atoms with Crippen molar-refractivity contribution in [1.82, 2.24) is 10.2 Å². The van der Waals surface area contributed by atoms with Crippen LogP contribution < -0.4 is 5.32 Å². The van der Waals surface area contributed by atoms with Crippen LogP contribution in [-0.4, -0.2) is 52.6 Å². The van der Waals surface area contributed by atoms with Crippen LogP contribution in [0.15, 0.2) is 0 Å². The zero-order chi connectivity index (χ0) is 13.1. The van der Waals surface area contributed by atoms with Crippen LogP contribution in [0, 0.1) is 5.92 Å². The van der Waals surface area contributed by atoms with E-state index >= 15 is 0 Å². The number of nitrogens with one attached hydrogen (secondary N) is 1. The molecule has 3 unspecified atom stereocenters. The van der Waals surface area contributed by atoms with E-state index < -0.39 is 12.0 Å². The molecule has 2 bridgehead atoms. The first kappa shape index (κ1) is 13.5. The number of carboxylic acid groups (broad SMARTS) is 1. The summed E-state index contributed by atoms with van der Waals surface area (Å²) in [5.74, 6) is 0.431. The van der Waals surface area contributed by atoms with E-state index in [1.807, 2.05) is 11.2 Å². The van der Waals surface area contributed by atoms with Gasteiger partial charge in [0, 0.05) is 12.6 Å². The zero-order valence-electron chi connectivity index (χ0n) is 10.6. The lowest BCUT2D eigenvalue weighted by molar-refractivity contribution is -0.139. The molecule has 102 valence electrons. The fourth-order valence-electron chi connectivity index (χ4n) is 2.90. The number of nitrogens with zero attached hydrogens (tertiary/aromatic N) is 1. The summed E-state index contributed by atoms with van der Waals surface area (Å²) < 4.78 is 0. The Kier molecular flexibility index (Phi) is 4.37. The predicted octanol–water partition coefficient (Wildman–Crippen LogP) is 1.39. The van der Waals surface area contributed by atoms with Gasteiger partial charge in [0.1, 0.15) is 6.04 Å². The Balaban J connectivity index is 1.86. The predicted molar refractivity (Wildman–Crippen MR) is 70.8 cm³/mol. The van der Waals surface area contributed by atoms with E-state index in [2.05, 4.69) is 5.32 Å². The van der Waals surface area contributed by atoms with Crippen LogP contribution in [-0.2, 0) is 4.79 Å². The topological polar surface area (TPSA) is 69.6 Å². The van der Waals surface area contributed by atoms with E-state index in [-0.39, 0.29) is 6.03 Å². The van der Waals surface area contributed by atoms with Crippen LogP contribution in [0.1, 0.15) is 25.7 Å². The Bertz CT molecular complexity index is 337. The molecule has 0 aromatic rings. The van der Waals surface area contributed by atoms with Gasteiger partial charge in [-0.3, -0.25) is 0 Å². The number of hydrogen-bond donors (Lipinski definition) is 2. The summed E-state index contributed by atoms with van der Waals surface area (Å²) in [6.07, 6.45) is 5.78. The van der Waals surface area contributed by atoms with E-state index in [4.69, 9.17) is 5.11 Å². The first-order chi connectivity index (χ1) is 8.61. The van der Waals surface area contributed by atoms with E-state index in [0.717, 1.165) is 25.1 Å². The molecule has 18 heavy (non-hydrogen) atoms. The van der Waals surface area contributed by atoms with Crippen molar-refractivity contribution in [3.8, 4) is 0 Å². The van der Waals surface area contributed by atoms with Crippen molar-refractivity contribution < 1.29 is 14.7 Å². The average molecular weight is 272 g/mol. The van der Waals surface area contributed by atoms with Crippen LogP contribution in [0.25, 0.3) is 0 Å². The summed E-state index contributed by atoms with van der Waals surface area (Å²) in [7, 11) is 0. The summed E-state index contributed by atoms with van der Waals surface area (Å²) in [4.78, 5) is 25.0. The molecule has 1 saturated carbocycles. The fraction of sp³-hybridized carbons (Fsp3) is 0.833. The highest BCUT2D eigenvalue weighted by atomic mass is 32.2. The molecule has 2 amide bonds. The minimum Gasteiger partial charge on any atom is -0.480 e. The first-order valence-electron chi connectivity index (χ1n) is 6.40. The molecule has 1 heterocycles. The molecule has 0 spiro atoms. The van der Waals surface area contributed by atoms with Gasteiger partial charge in [-0.25, -0.2) is 9.59 Å². The summed E-state index contributed by atoms with van der Waals surface area (Å²) in [5.41, 5.74) is 0. The van der Waals surface area contributed by atoms with E-state index in [9.17, 15) is 9.59 Å². The van der Waals surface area contributed by atoms with Crippen molar-refractivity contribution in [2.45, 2.75) is 37.8 Å². The van der Waals surface area contributed by atoms with Crippen molar-refractivity contribution in [1.29, 1.82) is 0 Å². The number of hydrogen-bond acceptors (Lipinski definition) is 3. The number of aliphatic carboxylic acids is 1. The van der Waals surface area contributed by atoms with Crippen molar-refractivity contribution in [3.05, 3.63) is 0 Å². The van der Waals surface area contributed by atoms with Gasteiger partial charge in [0.05, 0.1) is 0 Å². The number of urea groups is 1. The number of likely N-dealkylation sites (tertiary alicyclic amines) is 1. The quantitative estimate of drug-likeness (QED) is 0.793. The molecule has 1 saturated heterocycles. The fourth-order valence-corrected chi connectivity index (χ4v) is 3.37. The first-order valence-corrected chi connectivity index (χ1v) is 7.80. The lowest BCUT2D eigenvalue weighted by atomic mass is 10.1. The number of amides is 2. The maximum absolute atomic E-state index is 12.1. The highest BCUT2D eigenvalue weighted by molar-refractivity contribution is 7.98. The standard InChI is InChI=1S/C12H20N2O3S/c1-18-5-4-10(11(15)16)13-12(17)14-7-8-2-3-9(14)6-8/h8-10H,2-7H2,1H3,(H,13,17)(H,15,16). The van der Waals surface area contributed by atoms with Gasteiger partial charge in [0.2, 0.25) is 0 Å². The Labute approximate surface area is 111 Å². The number of rotatable bonds is 5. The lowest BCUT2D eigenvalue weighted by Crippen LogP contribution is -2.50. The van der Waals surface area contributed by atoms with Gasteiger partial charge in [0.25, 0.3) is 0 Å². The van der Waals surface area contributed by atoms with Crippen molar-refractivity contribution in [2.24, 2.45) is 5.92 Å². The zero-order valence-corrected chi connectivity index (χ0v) is 11.4. The third-order valence-electron chi connectivity index (χ3n) is 3.88. The van der Waals surface area contributed by atoms with Gasteiger partial charge in [-0.2, -0.15) is 11.8 Å². The van der Waals surface area contributed by atoms with Crippen LogP contribution in [0.2, 0.25) is 0 Å². The molecular weight excluding hydrogens is 252 g/mol. The Hall–Kier alpha value is -0.910. The maximum atomic E-state index is 12.1. The maximum Gasteiger partial charge on any atom is 0.326 e. The van der Waals surface area contributed by atoms with Crippen molar-refractivity contribution in [3.63, 3.8) is 0 Å². The summed E-state index contributed by atoms with van der Waals surface area (Å²) in [6, 6.07) is -0.621. The molecule has 0 aromatic carbocycles. The number of thioether (sulfide) groups is 1. The molecule has 1 aliphatic carbocycles. The number of carboxylic acids is 1. The normalized spacial score (nSPS) is 27.3. The molecule has 3 atom stereocenters. The number of fused-ring (bicyclic) bond motifs is 2. The Morgan fingerprint density at radius 1 is 1.50 bits per heavy atom. The Morgan fingerprint density at radius 2 is 2.28 bits per heavy atom. The van der Waals surface area contributed by atoms with Crippen LogP contribution in [0.4, 0.5) is 4.79 Å². The van der Waals surface area contributed by atoms with Gasteiger partial charge in [-0.1, -0.05) is 0 Å². The molecule has 2 fully saturated rings. The SMILES string of the molecule is CSCCC(NC(=O)N1CC2CCC1C2)C(=O)O. The smallest absolute Gasteiger partial charge is 0.326 e. The molecule has 2 aliphatic rings. The molecule has 6 heteroatoms. The van der Waals surface area contributed by atoms with Gasteiger partial charge >= 0.3 is 12.0 Å². The van der Waals surface area contributed by atoms with E-state index in [1.54, 1.807) is 11.8 Å². The highest BCUT2D eigenvalue weighted by Crippen LogP contribution is 2.37. The van der Waals surface area contributed by atoms with Gasteiger partial charge in [-0.05, 0) is 43.6 Å². The summed E-state index contributed by atoms with van der Waals surface area (Å²) in [6.45, 7) is 0.797. The van der Waals surface area contributed by atoms with Gasteiger partial charge < -0.3 is 15.3 Å². The highest BCUT2D eigenvalue weighted by Gasteiger charge is 2.40. The Morgan fingerprint density at radius 3 is 2.78 bits per heavy atom. The third kappa shape index (κ3) is 2.91. The van der Waals surface area contributed by atoms with Crippen LogP contribution in [0.3, 0.4) is 0 Å². The minimum absolute atomic E-state index is 0.198. The second-order valence-corrected chi connectivity index (χ2v) is 6.09. The molecule has 0 radical (unpaired) electrons. The number of carbonyl (C=O) groups excluding carboxylic acids is 1. The third-order valence-corrected chi connectivity index (χ3v) is 4.52. The number of piperidine rings is 1. The molecule has 1 aliphatic heterocycles. The lowest BCUT2D eigenvalue weighted by Gasteiger charge is -2.28. The molecule has 0 aromatic heterocycles.